The molecule has 10 heteroatoms. The summed E-state index contributed by atoms with van der Waals surface area (Å²) in [6.07, 6.45) is 3.33. The van der Waals surface area contributed by atoms with Crippen molar-refractivity contribution in [1.82, 2.24) is 19.7 Å². The van der Waals surface area contributed by atoms with Crippen molar-refractivity contribution in [3.8, 4) is 0 Å². The van der Waals surface area contributed by atoms with E-state index in [2.05, 4.69) is 15.4 Å². The second-order valence-electron chi connectivity index (χ2n) is 7.65. The lowest BCUT2D eigenvalue weighted by molar-refractivity contribution is 0.102. The summed E-state index contributed by atoms with van der Waals surface area (Å²) in [5.74, 6) is 0.121. The number of nitrogens with zero attached hydrogens (tertiary/aromatic N) is 4. The molecule has 0 radical (unpaired) electrons. The van der Waals surface area contributed by atoms with Gasteiger partial charge in [-0.15, -0.1) is 0 Å². The highest BCUT2D eigenvalue weighted by Crippen LogP contribution is 2.40. The maximum Gasteiger partial charge on any atom is 0.258 e. The summed E-state index contributed by atoms with van der Waals surface area (Å²) >= 11 is 1.24. The number of benzene rings is 1. The minimum absolute atomic E-state index is 0.229. The Hall–Kier alpha value is -2.85. The van der Waals surface area contributed by atoms with Gasteiger partial charge in [0.25, 0.3) is 5.91 Å². The van der Waals surface area contributed by atoms with Crippen molar-refractivity contribution in [2.45, 2.75) is 30.6 Å². The molecule has 5 rings (SSSR count). The number of hydrogen-bond donors (Lipinski definition) is 1. The summed E-state index contributed by atoms with van der Waals surface area (Å²) in [5, 5.41) is 8.46. The van der Waals surface area contributed by atoms with Crippen LogP contribution in [0.2, 0.25) is 0 Å². The molecular formula is C20H19N5O3S2. The summed E-state index contributed by atoms with van der Waals surface area (Å²) in [4.78, 5) is 22.6. The van der Waals surface area contributed by atoms with Gasteiger partial charge in [-0.25, -0.2) is 18.4 Å². The number of fused-ring (bicyclic) bond motifs is 2. The Labute approximate surface area is 176 Å². The fraction of sp³-hybridized carbons (Fsp3) is 0.300. The Morgan fingerprint density at radius 1 is 1.23 bits per heavy atom. The quantitative estimate of drug-likeness (QED) is 0.520. The molecule has 154 valence electrons. The molecule has 30 heavy (non-hydrogen) atoms. The van der Waals surface area contributed by atoms with Crippen LogP contribution in [0.15, 0.2) is 29.2 Å². The molecule has 0 aliphatic heterocycles. The largest absolute Gasteiger partial charge is 0.298 e. The summed E-state index contributed by atoms with van der Waals surface area (Å²) < 4.78 is 26.0. The molecule has 0 bridgehead atoms. The Morgan fingerprint density at radius 3 is 2.70 bits per heavy atom. The highest BCUT2D eigenvalue weighted by Gasteiger charge is 2.28. The number of rotatable bonds is 4. The van der Waals surface area contributed by atoms with Crippen molar-refractivity contribution < 1.29 is 13.2 Å². The number of anilines is 1. The topological polar surface area (TPSA) is 107 Å². The van der Waals surface area contributed by atoms with Gasteiger partial charge in [-0.2, -0.15) is 5.10 Å². The molecule has 1 aliphatic carbocycles. The lowest BCUT2D eigenvalue weighted by atomic mass is 10.1. The zero-order chi connectivity index (χ0) is 21.2. The first-order valence-electron chi connectivity index (χ1n) is 9.47. The molecular weight excluding hydrogens is 422 g/mol. The predicted molar refractivity (Wildman–Crippen MR) is 116 cm³/mol. The molecule has 1 fully saturated rings. The Kier molecular flexibility index (Phi) is 4.19. The fourth-order valence-electron chi connectivity index (χ4n) is 3.59. The zero-order valence-electron chi connectivity index (χ0n) is 16.6. The summed E-state index contributed by atoms with van der Waals surface area (Å²) in [6, 6.07) is 6.62. The van der Waals surface area contributed by atoms with Crippen molar-refractivity contribution in [2.24, 2.45) is 7.05 Å². The highest BCUT2D eigenvalue weighted by molar-refractivity contribution is 7.90. The van der Waals surface area contributed by atoms with Gasteiger partial charge in [0.15, 0.2) is 20.6 Å². The monoisotopic (exact) mass is 441 g/mol. The molecule has 1 amide bonds. The number of carbonyl (C=O) groups excluding carboxylic acids is 1. The third-order valence-electron chi connectivity index (χ3n) is 5.24. The molecule has 1 saturated carbocycles. The predicted octanol–water partition coefficient (Wildman–Crippen LogP) is 3.42. The van der Waals surface area contributed by atoms with E-state index in [0.29, 0.717) is 32.5 Å². The number of hydrogen-bond acceptors (Lipinski definition) is 7. The van der Waals surface area contributed by atoms with Crippen LogP contribution in [0.25, 0.3) is 21.3 Å². The van der Waals surface area contributed by atoms with E-state index in [0.717, 1.165) is 29.6 Å². The number of carbonyl (C=O) groups is 1. The van der Waals surface area contributed by atoms with E-state index in [4.69, 9.17) is 4.98 Å². The molecule has 8 nitrogen and oxygen atoms in total. The van der Waals surface area contributed by atoms with Crippen LogP contribution in [0.1, 0.15) is 40.5 Å². The van der Waals surface area contributed by atoms with Gasteiger partial charge >= 0.3 is 0 Å². The summed E-state index contributed by atoms with van der Waals surface area (Å²) in [6.45, 7) is 1.86. The zero-order valence-corrected chi connectivity index (χ0v) is 18.3. The van der Waals surface area contributed by atoms with Gasteiger partial charge < -0.3 is 0 Å². The van der Waals surface area contributed by atoms with Crippen LogP contribution in [-0.4, -0.2) is 40.3 Å². The first-order chi connectivity index (χ1) is 14.2. The van der Waals surface area contributed by atoms with Crippen LogP contribution in [0.5, 0.6) is 0 Å². The fourth-order valence-corrected chi connectivity index (χ4v) is 5.21. The van der Waals surface area contributed by atoms with Crippen molar-refractivity contribution in [1.29, 1.82) is 0 Å². The van der Waals surface area contributed by atoms with Crippen molar-refractivity contribution in [3.63, 3.8) is 0 Å². The molecule has 3 aromatic heterocycles. The van der Waals surface area contributed by atoms with E-state index < -0.39 is 9.84 Å². The SMILES string of the molecule is Cc1nn(C)c2nc(C3CC3)cc(C(=O)Nc3nc4ccc(S(C)(=O)=O)cc4s3)c12. The van der Waals surface area contributed by atoms with Gasteiger partial charge in [0.2, 0.25) is 0 Å². The third kappa shape index (κ3) is 3.25. The minimum Gasteiger partial charge on any atom is -0.298 e. The van der Waals surface area contributed by atoms with Gasteiger partial charge in [0.05, 0.1) is 31.8 Å². The van der Waals surface area contributed by atoms with Crippen molar-refractivity contribution >= 4 is 53.5 Å². The van der Waals surface area contributed by atoms with Gasteiger partial charge in [-0.3, -0.25) is 14.8 Å². The van der Waals surface area contributed by atoms with E-state index in [1.165, 1.54) is 23.7 Å². The van der Waals surface area contributed by atoms with Crippen LogP contribution in [0.3, 0.4) is 0 Å². The Morgan fingerprint density at radius 2 is 2.00 bits per heavy atom. The number of aromatic nitrogens is 4. The molecule has 4 aromatic rings. The lowest BCUT2D eigenvalue weighted by Gasteiger charge is -2.07. The van der Waals surface area contributed by atoms with E-state index in [1.54, 1.807) is 16.8 Å². The molecule has 0 saturated heterocycles. The second kappa shape index (κ2) is 6.58. The Bertz CT molecular complexity index is 1450. The van der Waals surface area contributed by atoms with Gasteiger partial charge in [0.1, 0.15) is 0 Å². The number of amides is 1. The molecule has 1 aliphatic rings. The number of thiazole rings is 1. The molecule has 3 heterocycles. The molecule has 0 unspecified atom stereocenters. The number of nitrogens with one attached hydrogen (secondary N) is 1. The second-order valence-corrected chi connectivity index (χ2v) is 10.7. The highest BCUT2D eigenvalue weighted by atomic mass is 32.2. The van der Waals surface area contributed by atoms with Crippen molar-refractivity contribution in [2.75, 3.05) is 11.6 Å². The van der Waals surface area contributed by atoms with E-state index >= 15 is 0 Å². The van der Waals surface area contributed by atoms with E-state index in [-0.39, 0.29) is 10.8 Å². The van der Waals surface area contributed by atoms with Crippen LogP contribution in [0.4, 0.5) is 5.13 Å². The summed E-state index contributed by atoms with van der Waals surface area (Å²) in [5.41, 5.74) is 3.53. The van der Waals surface area contributed by atoms with Gasteiger partial charge in [0, 0.05) is 24.9 Å². The lowest BCUT2D eigenvalue weighted by Crippen LogP contribution is -2.13. The van der Waals surface area contributed by atoms with Crippen LogP contribution < -0.4 is 5.32 Å². The van der Waals surface area contributed by atoms with E-state index in [9.17, 15) is 13.2 Å². The molecule has 0 atom stereocenters. The average Bonchev–Trinajstić information content (AvgIpc) is 3.39. The van der Waals surface area contributed by atoms with Crippen LogP contribution in [-0.2, 0) is 16.9 Å². The minimum atomic E-state index is -3.31. The normalized spacial score (nSPS) is 14.5. The standard InChI is InChI=1S/C20H19N5O3S2/c1-10-17-13(9-15(11-4-5-11)21-18(17)25(2)24-10)19(26)23-20-22-14-7-6-12(30(3,27)28)8-16(14)29-20/h6-9,11H,4-5H2,1-3H3,(H,22,23,26). The van der Waals surface area contributed by atoms with Crippen molar-refractivity contribution in [3.05, 3.63) is 41.2 Å². The molecule has 1 aromatic carbocycles. The third-order valence-corrected chi connectivity index (χ3v) is 7.28. The molecule has 0 spiro atoms. The number of aryl methyl sites for hydroxylation is 2. The van der Waals surface area contributed by atoms with Gasteiger partial charge in [-0.05, 0) is 44.0 Å². The first-order valence-corrected chi connectivity index (χ1v) is 12.2. The number of pyridine rings is 1. The maximum atomic E-state index is 13.2. The van der Waals surface area contributed by atoms with Crippen LogP contribution >= 0.6 is 11.3 Å². The smallest absolute Gasteiger partial charge is 0.258 e. The summed E-state index contributed by atoms with van der Waals surface area (Å²) in [7, 11) is -1.48. The van der Waals surface area contributed by atoms with Crippen LogP contribution in [0, 0.1) is 6.92 Å². The first kappa shape index (κ1) is 19.1. The maximum absolute atomic E-state index is 13.2. The van der Waals surface area contributed by atoms with E-state index in [1.807, 2.05) is 20.0 Å². The van der Waals surface area contributed by atoms with Gasteiger partial charge in [-0.1, -0.05) is 11.3 Å². The average molecular weight is 442 g/mol. The number of sulfone groups is 1. The Balaban J connectivity index is 1.54. The molecule has 1 N–H and O–H groups in total.